The summed E-state index contributed by atoms with van der Waals surface area (Å²) in [5.41, 5.74) is 0.395. The van der Waals surface area contributed by atoms with E-state index in [1.54, 1.807) is 48.5 Å². The summed E-state index contributed by atoms with van der Waals surface area (Å²) < 4.78 is 29.4. The summed E-state index contributed by atoms with van der Waals surface area (Å²) in [6.45, 7) is 0. The normalized spacial score (nSPS) is 12.1. The fourth-order valence-electron chi connectivity index (χ4n) is 2.35. The predicted molar refractivity (Wildman–Crippen MR) is 116 cm³/mol. The Labute approximate surface area is 187 Å². The highest BCUT2D eigenvalue weighted by molar-refractivity contribution is 7.90. The van der Waals surface area contributed by atoms with Crippen molar-refractivity contribution in [3.8, 4) is 5.75 Å². The highest BCUT2D eigenvalue weighted by Crippen LogP contribution is 2.47. The molecule has 0 unspecified atom stereocenters. The standard InChI is InChI=1S/C19H12Cl4N2O3S/c20-13-15(22)18(26)16(23)14(21)17(13)24-19(11-7-3-1-4-8-11)25-29(27,28)12-9-5-2-6-10-12/h1-10,26H,(H,24,25)/p-1. The van der Waals surface area contributed by atoms with Crippen LogP contribution in [0.3, 0.4) is 0 Å². The number of anilines is 1. The van der Waals surface area contributed by atoms with E-state index in [9.17, 15) is 13.5 Å². The number of nitrogens with one attached hydrogen (secondary N) is 1. The summed E-state index contributed by atoms with van der Waals surface area (Å²) in [5.74, 6) is -0.812. The van der Waals surface area contributed by atoms with Crippen molar-refractivity contribution >= 4 is 68.0 Å². The third-order valence-electron chi connectivity index (χ3n) is 3.77. The maximum absolute atomic E-state index is 12.8. The molecule has 5 nitrogen and oxygen atoms in total. The van der Waals surface area contributed by atoms with Gasteiger partial charge in [0.15, 0.2) is 5.84 Å². The minimum Gasteiger partial charge on any atom is -0.870 e. The van der Waals surface area contributed by atoms with Gasteiger partial charge in [-0.3, -0.25) is 0 Å². The number of hydrogen-bond acceptors (Lipinski definition) is 3. The smallest absolute Gasteiger partial charge is 0.284 e. The van der Waals surface area contributed by atoms with E-state index in [2.05, 4.69) is 9.71 Å². The number of benzene rings is 3. The molecule has 0 saturated heterocycles. The van der Waals surface area contributed by atoms with E-state index < -0.39 is 15.8 Å². The highest BCUT2D eigenvalue weighted by Gasteiger charge is 2.20. The van der Waals surface area contributed by atoms with Gasteiger partial charge >= 0.3 is 0 Å². The molecule has 0 fully saturated rings. The van der Waals surface area contributed by atoms with Gasteiger partial charge in [0.1, 0.15) is 0 Å². The maximum Gasteiger partial charge on any atom is 0.284 e. The van der Waals surface area contributed by atoms with Crippen molar-refractivity contribution in [3.05, 3.63) is 86.3 Å². The van der Waals surface area contributed by atoms with Crippen molar-refractivity contribution in [1.29, 1.82) is 0 Å². The topological polar surface area (TPSA) is 81.6 Å². The number of amidine groups is 1. The van der Waals surface area contributed by atoms with Crippen molar-refractivity contribution in [2.45, 2.75) is 4.90 Å². The zero-order valence-electron chi connectivity index (χ0n) is 14.4. The molecule has 0 aliphatic carbocycles. The van der Waals surface area contributed by atoms with Gasteiger partial charge in [-0.2, -0.15) is 8.42 Å². The van der Waals surface area contributed by atoms with E-state index in [0.29, 0.717) is 5.56 Å². The Balaban J connectivity index is 2.18. The average Bonchev–Trinajstić information content (AvgIpc) is 2.74. The second kappa shape index (κ2) is 8.81. The Bertz CT molecular complexity index is 1160. The summed E-state index contributed by atoms with van der Waals surface area (Å²) in [7, 11) is -4.07. The van der Waals surface area contributed by atoms with Gasteiger partial charge < -0.3 is 10.4 Å². The molecule has 0 spiro atoms. The lowest BCUT2D eigenvalue weighted by molar-refractivity contribution is -0.267. The van der Waals surface area contributed by atoms with E-state index in [0.717, 1.165) is 0 Å². The molecule has 0 aliphatic rings. The first-order chi connectivity index (χ1) is 13.7. The van der Waals surface area contributed by atoms with Crippen LogP contribution in [0.2, 0.25) is 20.1 Å². The van der Waals surface area contributed by atoms with Crippen LogP contribution in [-0.4, -0.2) is 14.3 Å². The Hall–Kier alpha value is -1.96. The van der Waals surface area contributed by atoms with Crippen LogP contribution in [0.5, 0.6) is 5.75 Å². The molecule has 0 aliphatic heterocycles. The number of hydrogen-bond donors (Lipinski definition) is 1. The maximum atomic E-state index is 12.8. The second-order valence-corrected chi connectivity index (χ2v) is 8.80. The molecular formula is C19H11Cl4N2O3S-. The molecular weight excluding hydrogens is 478 g/mol. The first-order valence-corrected chi connectivity index (χ1v) is 10.9. The van der Waals surface area contributed by atoms with Gasteiger partial charge in [0.2, 0.25) is 0 Å². The van der Waals surface area contributed by atoms with Crippen LogP contribution in [0.25, 0.3) is 0 Å². The molecule has 1 N–H and O–H groups in total. The minimum atomic E-state index is -4.07. The van der Waals surface area contributed by atoms with Gasteiger partial charge in [-0.15, -0.1) is 4.40 Å². The fourth-order valence-corrected chi connectivity index (χ4v) is 4.28. The minimum absolute atomic E-state index is 0.00149. The third kappa shape index (κ3) is 4.63. The summed E-state index contributed by atoms with van der Waals surface area (Å²) in [6.07, 6.45) is 0. The van der Waals surface area contributed by atoms with Gasteiger partial charge in [-0.25, -0.2) is 0 Å². The quantitative estimate of drug-likeness (QED) is 0.293. The first kappa shape index (κ1) is 21.7. The zero-order valence-corrected chi connectivity index (χ0v) is 18.2. The van der Waals surface area contributed by atoms with Crippen LogP contribution in [0.15, 0.2) is 70.0 Å². The third-order valence-corrected chi connectivity index (χ3v) is 6.73. The summed E-state index contributed by atoms with van der Waals surface area (Å²) in [6, 6.07) is 16.1. The van der Waals surface area contributed by atoms with Gasteiger partial charge in [0.25, 0.3) is 10.0 Å². The van der Waals surface area contributed by atoms with Crippen molar-refractivity contribution in [1.82, 2.24) is 0 Å². The van der Waals surface area contributed by atoms with E-state index in [1.165, 1.54) is 12.1 Å². The SMILES string of the molecule is O=S(=O)(N=C(Nc1c(Cl)c(Cl)c([O-])c(Cl)c1Cl)c1ccccc1)c1ccccc1. The lowest BCUT2D eigenvalue weighted by Crippen LogP contribution is -2.17. The van der Waals surface area contributed by atoms with Gasteiger partial charge in [0, 0.05) is 5.56 Å². The fraction of sp³-hybridized carbons (Fsp3) is 0. The van der Waals surface area contributed by atoms with E-state index >= 15 is 0 Å². The lowest BCUT2D eigenvalue weighted by Gasteiger charge is -2.20. The highest BCUT2D eigenvalue weighted by atomic mass is 35.5. The lowest BCUT2D eigenvalue weighted by atomic mass is 10.2. The number of halogens is 4. The van der Waals surface area contributed by atoms with E-state index in [-0.39, 0.29) is 36.5 Å². The number of sulfonamides is 1. The molecule has 29 heavy (non-hydrogen) atoms. The number of rotatable bonds is 4. The average molecular weight is 489 g/mol. The second-order valence-electron chi connectivity index (χ2n) is 5.68. The van der Waals surface area contributed by atoms with Crippen molar-refractivity contribution in [2.24, 2.45) is 4.40 Å². The molecule has 10 heteroatoms. The van der Waals surface area contributed by atoms with Crippen molar-refractivity contribution in [3.63, 3.8) is 0 Å². The van der Waals surface area contributed by atoms with Gasteiger partial charge in [0.05, 0.1) is 30.7 Å². The first-order valence-electron chi connectivity index (χ1n) is 7.98. The number of nitrogens with zero attached hydrogens (tertiary/aromatic N) is 1. The van der Waals surface area contributed by atoms with Gasteiger partial charge in [-0.05, 0) is 12.1 Å². The molecule has 0 atom stereocenters. The molecule has 3 rings (SSSR count). The van der Waals surface area contributed by atoms with E-state index in [4.69, 9.17) is 46.4 Å². The summed E-state index contributed by atoms with van der Waals surface area (Å²) >= 11 is 24.2. The molecule has 0 radical (unpaired) electrons. The predicted octanol–water partition coefficient (Wildman–Crippen LogP) is 5.62. The molecule has 0 amide bonds. The molecule has 3 aromatic carbocycles. The monoisotopic (exact) mass is 487 g/mol. The van der Waals surface area contributed by atoms with Crippen LogP contribution >= 0.6 is 46.4 Å². The van der Waals surface area contributed by atoms with Crippen LogP contribution in [-0.2, 0) is 10.0 Å². The van der Waals surface area contributed by atoms with Crippen molar-refractivity contribution < 1.29 is 13.5 Å². The molecule has 150 valence electrons. The Morgan fingerprint density at radius 1 is 0.793 bits per heavy atom. The van der Waals surface area contributed by atoms with Crippen LogP contribution in [0, 0.1) is 0 Å². The molecule has 3 aromatic rings. The molecule has 0 saturated carbocycles. The Morgan fingerprint density at radius 3 is 1.79 bits per heavy atom. The largest absolute Gasteiger partial charge is 0.870 e. The Kier molecular flexibility index (Phi) is 6.61. The van der Waals surface area contributed by atoms with E-state index in [1.807, 2.05) is 0 Å². The van der Waals surface area contributed by atoms with Crippen molar-refractivity contribution in [2.75, 3.05) is 5.32 Å². The molecule has 0 heterocycles. The molecule has 0 bridgehead atoms. The molecule has 0 aromatic heterocycles. The zero-order chi connectivity index (χ0) is 21.2. The van der Waals surface area contributed by atoms with Crippen LogP contribution in [0.1, 0.15) is 5.56 Å². The summed E-state index contributed by atoms with van der Waals surface area (Å²) in [4.78, 5) is -0.00149. The van der Waals surface area contributed by atoms with Gasteiger partial charge in [-0.1, -0.05) is 101 Å². The Morgan fingerprint density at radius 2 is 1.28 bits per heavy atom. The van der Waals surface area contributed by atoms with Crippen LogP contribution < -0.4 is 10.4 Å². The van der Waals surface area contributed by atoms with Crippen LogP contribution in [0.4, 0.5) is 5.69 Å². The summed E-state index contributed by atoms with van der Waals surface area (Å²) in [5, 5.41) is 13.6.